The molecule has 2 rings (SSSR count). The zero-order valence-corrected chi connectivity index (χ0v) is 19.9. The number of rotatable bonds is 8. The van der Waals surface area contributed by atoms with Gasteiger partial charge in [-0.25, -0.2) is 8.37 Å². The molecule has 1 aliphatic heterocycles. The fraction of sp³-hybridized carbons (Fsp3) is 0.533. The van der Waals surface area contributed by atoms with Crippen LogP contribution in [0.3, 0.4) is 0 Å². The molecule has 0 aromatic heterocycles. The van der Waals surface area contributed by atoms with Crippen molar-refractivity contribution < 1.29 is 82.9 Å². The van der Waals surface area contributed by atoms with Crippen LogP contribution < -0.4 is 29.6 Å². The zero-order chi connectivity index (χ0) is 21.8. The van der Waals surface area contributed by atoms with E-state index in [2.05, 4.69) is 8.37 Å². The third-order valence-electron chi connectivity index (χ3n) is 3.88. The van der Waals surface area contributed by atoms with Gasteiger partial charge in [-0.3, -0.25) is 13.9 Å². The molecule has 0 saturated carbocycles. The van der Waals surface area contributed by atoms with Crippen LogP contribution in [-0.2, 0) is 54.6 Å². The second-order valence-electron chi connectivity index (χ2n) is 6.04. The summed E-state index contributed by atoms with van der Waals surface area (Å²) < 4.78 is 87.3. The first kappa shape index (κ1) is 27.4. The summed E-state index contributed by atoms with van der Waals surface area (Å²) in [6.45, 7) is 1.37. The molecule has 1 aliphatic rings. The predicted molar refractivity (Wildman–Crippen MR) is 94.2 cm³/mol. The summed E-state index contributed by atoms with van der Waals surface area (Å²) in [5.74, 6) is -0.818. The van der Waals surface area contributed by atoms with Gasteiger partial charge in [0.15, 0.2) is 24.6 Å². The van der Waals surface area contributed by atoms with Crippen LogP contribution in [0.5, 0.6) is 0 Å². The number of hydrogen-bond acceptors (Lipinski definition) is 10. The molecular formula is C15H20NaO12S2+. The molecule has 1 fully saturated rings. The van der Waals surface area contributed by atoms with Gasteiger partial charge in [-0.1, -0.05) is 30.3 Å². The monoisotopic (exact) mass is 479 g/mol. The molecule has 164 valence electrons. The maximum absolute atomic E-state index is 12.3. The van der Waals surface area contributed by atoms with Crippen LogP contribution in [0, 0.1) is 0 Å². The molecule has 12 nitrogen and oxygen atoms in total. The van der Waals surface area contributed by atoms with E-state index in [1.807, 2.05) is 0 Å². The minimum atomic E-state index is -5.15. The third kappa shape index (κ3) is 8.47. The Hall–Kier alpha value is -0.650. The third-order valence-corrected chi connectivity index (χ3v) is 4.81. The van der Waals surface area contributed by atoms with Gasteiger partial charge in [0.1, 0.15) is 0 Å². The molecule has 1 aromatic rings. The van der Waals surface area contributed by atoms with Crippen LogP contribution in [0.1, 0.15) is 12.5 Å². The quantitative estimate of drug-likeness (QED) is 0.219. The van der Waals surface area contributed by atoms with Crippen molar-refractivity contribution in [2.45, 2.75) is 44.1 Å². The number of carbonyl (C=O) groups excluding carboxylic acids is 1. The molecule has 0 aliphatic carbocycles. The van der Waals surface area contributed by atoms with Gasteiger partial charge in [-0.2, -0.15) is 16.8 Å². The van der Waals surface area contributed by atoms with Crippen LogP contribution in [-0.4, -0.2) is 69.7 Å². The van der Waals surface area contributed by atoms with Gasteiger partial charge in [0, 0.05) is 7.11 Å². The van der Waals surface area contributed by atoms with Gasteiger partial charge in [0.05, 0.1) is 12.5 Å². The average molecular weight is 479 g/mol. The number of carbonyl (C=O) groups is 1. The summed E-state index contributed by atoms with van der Waals surface area (Å²) in [5, 5.41) is 0. The second-order valence-corrected chi connectivity index (χ2v) is 8.14. The molecule has 0 bridgehead atoms. The Morgan fingerprint density at radius 1 is 1.00 bits per heavy atom. The first-order chi connectivity index (χ1) is 13.4. The van der Waals surface area contributed by atoms with Crippen molar-refractivity contribution in [1.29, 1.82) is 0 Å². The van der Waals surface area contributed by atoms with Crippen LogP contribution in [0.15, 0.2) is 30.3 Å². The van der Waals surface area contributed by atoms with E-state index in [4.69, 9.17) is 23.3 Å². The molecule has 1 saturated heterocycles. The molecule has 0 radical (unpaired) electrons. The Kier molecular flexibility index (Phi) is 10.3. The first-order valence-corrected chi connectivity index (χ1v) is 10.9. The molecular weight excluding hydrogens is 459 g/mol. The number of hydrogen-bond donors (Lipinski definition) is 2. The van der Waals surface area contributed by atoms with Crippen molar-refractivity contribution in [2.24, 2.45) is 0 Å². The number of ether oxygens (including phenoxy) is 3. The summed E-state index contributed by atoms with van der Waals surface area (Å²) in [5.41, 5.74) is 0.592. The van der Waals surface area contributed by atoms with Gasteiger partial charge < -0.3 is 14.2 Å². The standard InChI is InChI=1S/C15H20O12S2.Na/c1-9-12(25-11(16)8-10-6-4-3-5-7-10)13(26-28(17,18)19)14(15(23-2)24-9)27-29(20,21)22;/h3-7,9,12-15H,8H2,1-2H3,(H,17,18,19)(H,20,21,22);/q;+1/t9-,12-,13+,14+,15+;/m0./s1. The van der Waals surface area contributed by atoms with Crippen LogP contribution in [0.2, 0.25) is 0 Å². The van der Waals surface area contributed by atoms with E-state index in [1.54, 1.807) is 30.3 Å². The average Bonchev–Trinajstić information content (AvgIpc) is 2.59. The first-order valence-electron chi connectivity index (χ1n) is 8.12. The minimum Gasteiger partial charge on any atom is -0.456 e. The number of esters is 1. The van der Waals surface area contributed by atoms with E-state index < -0.39 is 57.5 Å². The van der Waals surface area contributed by atoms with E-state index in [1.165, 1.54) is 6.92 Å². The van der Waals surface area contributed by atoms with Crippen molar-refractivity contribution in [3.8, 4) is 0 Å². The van der Waals surface area contributed by atoms with Gasteiger partial charge in [-0.05, 0) is 12.5 Å². The van der Waals surface area contributed by atoms with Crippen molar-refractivity contribution in [3.05, 3.63) is 35.9 Å². The largest absolute Gasteiger partial charge is 1.00 e. The Labute approximate surface area is 196 Å². The molecule has 15 heteroatoms. The molecule has 1 aromatic carbocycles. The Morgan fingerprint density at radius 2 is 1.53 bits per heavy atom. The Bertz CT molecular complexity index is 905. The minimum absolute atomic E-state index is 0. The van der Waals surface area contributed by atoms with E-state index in [0.29, 0.717) is 5.56 Å². The smallest absolute Gasteiger partial charge is 0.456 e. The van der Waals surface area contributed by atoms with Crippen molar-refractivity contribution >= 4 is 26.8 Å². The van der Waals surface area contributed by atoms with Gasteiger partial charge in [0.25, 0.3) is 0 Å². The summed E-state index contributed by atoms with van der Waals surface area (Å²) in [6, 6.07) is 8.43. The van der Waals surface area contributed by atoms with E-state index in [-0.39, 0.29) is 36.0 Å². The van der Waals surface area contributed by atoms with Crippen molar-refractivity contribution in [3.63, 3.8) is 0 Å². The van der Waals surface area contributed by atoms with E-state index in [9.17, 15) is 21.6 Å². The van der Waals surface area contributed by atoms with Gasteiger partial charge in [0.2, 0.25) is 0 Å². The number of methoxy groups -OCH3 is 1. The summed E-state index contributed by atoms with van der Waals surface area (Å²) in [7, 11) is -9.20. The molecule has 5 atom stereocenters. The summed E-state index contributed by atoms with van der Waals surface area (Å²) in [4.78, 5) is 12.3. The van der Waals surface area contributed by atoms with Crippen LogP contribution in [0.4, 0.5) is 0 Å². The Morgan fingerprint density at radius 3 is 2.03 bits per heavy atom. The van der Waals surface area contributed by atoms with Crippen LogP contribution in [0.25, 0.3) is 0 Å². The topological polar surface area (TPSA) is 172 Å². The van der Waals surface area contributed by atoms with E-state index >= 15 is 0 Å². The van der Waals surface area contributed by atoms with Crippen LogP contribution >= 0.6 is 0 Å². The predicted octanol–water partition coefficient (Wildman–Crippen LogP) is -3.09. The number of benzene rings is 1. The fourth-order valence-electron chi connectivity index (χ4n) is 2.77. The SMILES string of the molecule is CO[C@@H]1O[C@@H](C)[C@H](OC(=O)Cc2ccccc2)[C@@H](OS(=O)(=O)O)[C@H]1OS(=O)(=O)O.[Na+]. The van der Waals surface area contributed by atoms with Crippen molar-refractivity contribution in [1.82, 2.24) is 0 Å². The normalized spacial score (nSPS) is 27.1. The van der Waals surface area contributed by atoms with Gasteiger partial charge in [-0.15, -0.1) is 0 Å². The summed E-state index contributed by atoms with van der Waals surface area (Å²) in [6.07, 6.45) is -8.18. The molecule has 1 heterocycles. The molecule has 0 spiro atoms. The maximum atomic E-state index is 12.3. The van der Waals surface area contributed by atoms with Crippen molar-refractivity contribution in [2.75, 3.05) is 7.11 Å². The second kappa shape index (κ2) is 11.3. The molecule has 2 N–H and O–H groups in total. The van der Waals surface area contributed by atoms with E-state index in [0.717, 1.165) is 7.11 Å². The maximum Gasteiger partial charge on any atom is 1.00 e. The molecule has 30 heavy (non-hydrogen) atoms. The molecule has 0 amide bonds. The zero-order valence-electron chi connectivity index (χ0n) is 16.3. The summed E-state index contributed by atoms with van der Waals surface area (Å²) >= 11 is 0. The Balaban J connectivity index is 0.00000450. The fourth-order valence-corrected chi connectivity index (χ4v) is 3.76. The van der Waals surface area contributed by atoms with Gasteiger partial charge >= 0.3 is 56.3 Å². The molecule has 0 unspecified atom stereocenters.